The van der Waals surface area contributed by atoms with Crippen LogP contribution in [0.4, 0.5) is 5.82 Å². The molecule has 4 aromatic rings. The van der Waals surface area contributed by atoms with Crippen LogP contribution in [0.1, 0.15) is 42.3 Å². The van der Waals surface area contributed by atoms with Gasteiger partial charge in [0.1, 0.15) is 16.4 Å². The van der Waals surface area contributed by atoms with Crippen molar-refractivity contribution >= 4 is 49.3 Å². The van der Waals surface area contributed by atoms with Crippen LogP contribution in [-0.4, -0.2) is 21.2 Å². The predicted molar refractivity (Wildman–Crippen MR) is 117 cm³/mol. The van der Waals surface area contributed by atoms with Gasteiger partial charge in [-0.2, -0.15) is 0 Å². The number of pyridine rings is 1. The van der Waals surface area contributed by atoms with E-state index in [0.717, 1.165) is 57.5 Å². The molecular formula is C21H22N4OS2. The molecular weight excluding hydrogens is 388 g/mol. The number of rotatable bonds is 6. The zero-order valence-electron chi connectivity index (χ0n) is 16.0. The van der Waals surface area contributed by atoms with E-state index in [9.17, 15) is 0 Å². The van der Waals surface area contributed by atoms with Crippen molar-refractivity contribution in [3.05, 3.63) is 41.0 Å². The second-order valence-electron chi connectivity index (χ2n) is 7.07. The van der Waals surface area contributed by atoms with Gasteiger partial charge in [0.15, 0.2) is 5.16 Å². The Balaban J connectivity index is 1.70. The van der Waals surface area contributed by atoms with E-state index in [2.05, 4.69) is 12.2 Å². The Morgan fingerprint density at radius 3 is 2.89 bits per heavy atom. The highest BCUT2D eigenvalue weighted by molar-refractivity contribution is 7.98. The quantitative estimate of drug-likeness (QED) is 0.329. The molecule has 0 atom stereocenters. The van der Waals surface area contributed by atoms with Gasteiger partial charge in [0.2, 0.25) is 0 Å². The van der Waals surface area contributed by atoms with Crippen molar-refractivity contribution in [2.75, 3.05) is 11.6 Å². The molecule has 0 bridgehead atoms. The standard InChI is InChI=1S/C21H22N4OS2/c1-3-6-15-13-8-4-9-14(13)16-17-18(28-20(16)23-15)19(25-21(24-17)27-2)22-11-12-7-5-10-26-12/h5,7,10H,3-4,6,8-9,11H2,1-2H3,(H,22,24,25). The van der Waals surface area contributed by atoms with Crippen molar-refractivity contribution in [3.63, 3.8) is 0 Å². The summed E-state index contributed by atoms with van der Waals surface area (Å²) in [6, 6.07) is 3.87. The number of nitrogens with zero attached hydrogens (tertiary/aromatic N) is 3. The number of thioether (sulfide) groups is 1. The first-order chi connectivity index (χ1) is 13.8. The molecule has 4 aromatic heterocycles. The van der Waals surface area contributed by atoms with E-state index in [4.69, 9.17) is 19.4 Å². The Kier molecular flexibility index (Phi) is 4.72. The molecule has 1 aliphatic rings. The molecule has 0 aromatic carbocycles. The van der Waals surface area contributed by atoms with Gasteiger partial charge in [0, 0.05) is 11.1 Å². The normalized spacial score (nSPS) is 13.5. The lowest BCUT2D eigenvalue weighted by Gasteiger charge is -2.09. The Morgan fingerprint density at radius 1 is 1.21 bits per heavy atom. The molecule has 28 heavy (non-hydrogen) atoms. The van der Waals surface area contributed by atoms with Gasteiger partial charge < -0.3 is 9.73 Å². The highest BCUT2D eigenvalue weighted by Crippen LogP contribution is 2.42. The summed E-state index contributed by atoms with van der Waals surface area (Å²) < 4.78 is 6.56. The third-order valence-corrected chi connectivity index (χ3v) is 6.91. The lowest BCUT2D eigenvalue weighted by Crippen LogP contribution is -2.02. The first-order valence-corrected chi connectivity index (χ1v) is 11.8. The van der Waals surface area contributed by atoms with E-state index in [-0.39, 0.29) is 0 Å². The molecule has 4 heterocycles. The number of aromatic nitrogens is 3. The van der Waals surface area contributed by atoms with Gasteiger partial charge in [-0.25, -0.2) is 15.0 Å². The zero-order chi connectivity index (χ0) is 19.1. The number of furan rings is 1. The third kappa shape index (κ3) is 2.97. The molecule has 0 saturated heterocycles. The van der Waals surface area contributed by atoms with Crippen LogP contribution in [0.2, 0.25) is 0 Å². The van der Waals surface area contributed by atoms with Crippen LogP contribution in [0.5, 0.6) is 0 Å². The number of nitrogens with one attached hydrogen (secondary N) is 1. The van der Waals surface area contributed by atoms with Gasteiger partial charge in [-0.15, -0.1) is 11.3 Å². The minimum atomic E-state index is 0.605. The van der Waals surface area contributed by atoms with E-state index in [1.807, 2.05) is 18.4 Å². The average Bonchev–Trinajstić information content (AvgIpc) is 3.44. The Morgan fingerprint density at radius 2 is 2.11 bits per heavy atom. The Bertz CT molecular complexity index is 1150. The van der Waals surface area contributed by atoms with Crippen molar-refractivity contribution in [1.82, 2.24) is 15.0 Å². The van der Waals surface area contributed by atoms with Gasteiger partial charge in [0.25, 0.3) is 0 Å². The summed E-state index contributed by atoms with van der Waals surface area (Å²) in [5.41, 5.74) is 5.29. The molecule has 0 radical (unpaired) electrons. The van der Waals surface area contributed by atoms with Crippen LogP contribution in [0.15, 0.2) is 28.0 Å². The highest BCUT2D eigenvalue weighted by Gasteiger charge is 2.24. The van der Waals surface area contributed by atoms with Crippen LogP contribution in [0.3, 0.4) is 0 Å². The van der Waals surface area contributed by atoms with Gasteiger partial charge in [-0.3, -0.25) is 0 Å². The first kappa shape index (κ1) is 17.9. The molecule has 0 aliphatic heterocycles. The van der Waals surface area contributed by atoms with Crippen molar-refractivity contribution in [3.8, 4) is 0 Å². The van der Waals surface area contributed by atoms with Crippen LogP contribution >= 0.6 is 23.1 Å². The fourth-order valence-corrected chi connectivity index (χ4v) is 5.56. The van der Waals surface area contributed by atoms with Crippen molar-refractivity contribution in [2.45, 2.75) is 50.7 Å². The van der Waals surface area contributed by atoms with Crippen LogP contribution in [0, 0.1) is 0 Å². The molecule has 1 aliphatic carbocycles. The third-order valence-electron chi connectivity index (χ3n) is 5.28. The smallest absolute Gasteiger partial charge is 0.189 e. The van der Waals surface area contributed by atoms with Crippen LogP contribution in [-0.2, 0) is 25.8 Å². The molecule has 0 amide bonds. The molecule has 144 valence electrons. The summed E-state index contributed by atoms with van der Waals surface area (Å²) in [6.07, 6.45) is 9.39. The van der Waals surface area contributed by atoms with Crippen molar-refractivity contribution in [2.24, 2.45) is 0 Å². The fraction of sp³-hybridized carbons (Fsp3) is 0.381. The second kappa shape index (κ2) is 7.37. The van der Waals surface area contributed by atoms with Crippen LogP contribution in [0.25, 0.3) is 20.4 Å². The molecule has 0 saturated carbocycles. The molecule has 0 spiro atoms. The summed E-state index contributed by atoms with van der Waals surface area (Å²) >= 11 is 3.29. The molecule has 5 nitrogen and oxygen atoms in total. The van der Waals surface area contributed by atoms with E-state index >= 15 is 0 Å². The summed E-state index contributed by atoms with van der Waals surface area (Å²) in [6.45, 7) is 2.83. The molecule has 7 heteroatoms. The van der Waals surface area contributed by atoms with Crippen molar-refractivity contribution in [1.29, 1.82) is 0 Å². The number of hydrogen-bond donors (Lipinski definition) is 1. The van der Waals surface area contributed by atoms with Crippen molar-refractivity contribution < 1.29 is 4.42 Å². The molecule has 0 fully saturated rings. The lowest BCUT2D eigenvalue weighted by atomic mass is 10.0. The number of fused-ring (bicyclic) bond motifs is 5. The van der Waals surface area contributed by atoms with E-state index in [1.165, 1.54) is 28.6 Å². The lowest BCUT2D eigenvalue weighted by molar-refractivity contribution is 0.518. The van der Waals surface area contributed by atoms with E-state index < -0.39 is 0 Å². The van der Waals surface area contributed by atoms with Gasteiger partial charge in [-0.05, 0) is 55.2 Å². The van der Waals surface area contributed by atoms with Gasteiger partial charge in [-0.1, -0.05) is 25.1 Å². The molecule has 1 N–H and O–H groups in total. The predicted octanol–water partition coefficient (Wildman–Crippen LogP) is 5.61. The van der Waals surface area contributed by atoms with Crippen LogP contribution < -0.4 is 5.32 Å². The zero-order valence-corrected chi connectivity index (χ0v) is 17.7. The maximum atomic E-state index is 5.47. The van der Waals surface area contributed by atoms with E-state index in [1.54, 1.807) is 29.4 Å². The Labute approximate surface area is 172 Å². The monoisotopic (exact) mass is 410 g/mol. The molecule has 0 unspecified atom stereocenters. The topological polar surface area (TPSA) is 63.8 Å². The summed E-state index contributed by atoms with van der Waals surface area (Å²) in [5, 5.41) is 5.50. The summed E-state index contributed by atoms with van der Waals surface area (Å²) in [5.74, 6) is 1.76. The Hall–Kier alpha value is -2.12. The average molecular weight is 411 g/mol. The highest BCUT2D eigenvalue weighted by atomic mass is 32.2. The molecule has 5 rings (SSSR count). The van der Waals surface area contributed by atoms with Gasteiger partial charge in [0.05, 0.1) is 23.0 Å². The van der Waals surface area contributed by atoms with E-state index in [0.29, 0.717) is 6.54 Å². The maximum Gasteiger partial charge on any atom is 0.189 e. The first-order valence-electron chi connectivity index (χ1n) is 9.73. The SMILES string of the molecule is CCCc1nc2sc3c(NCc4ccco4)nc(SC)nc3c2c2c1CCC2. The summed E-state index contributed by atoms with van der Waals surface area (Å²) in [7, 11) is 0. The summed E-state index contributed by atoms with van der Waals surface area (Å²) in [4.78, 5) is 15.8. The largest absolute Gasteiger partial charge is 0.467 e. The number of hydrogen-bond acceptors (Lipinski definition) is 7. The minimum Gasteiger partial charge on any atom is -0.467 e. The second-order valence-corrected chi connectivity index (χ2v) is 8.84. The number of aryl methyl sites for hydroxylation is 2. The maximum absolute atomic E-state index is 5.47. The number of anilines is 1. The fourth-order valence-electron chi connectivity index (χ4n) is 4.06. The van der Waals surface area contributed by atoms with Gasteiger partial charge >= 0.3 is 0 Å². The number of thiophene rings is 1. The minimum absolute atomic E-state index is 0.605.